The molecule has 1 aromatic carbocycles. The Labute approximate surface area is 181 Å². The summed E-state index contributed by atoms with van der Waals surface area (Å²) in [7, 11) is 4.07. The van der Waals surface area contributed by atoms with Crippen LogP contribution < -0.4 is 21.5 Å². The molecule has 2 aromatic heterocycles. The first-order valence-electron chi connectivity index (χ1n) is 10.00. The smallest absolute Gasteiger partial charge is 0.174 e. The minimum absolute atomic E-state index is 0.257. The van der Waals surface area contributed by atoms with E-state index in [1.807, 2.05) is 31.1 Å². The highest BCUT2D eigenvalue weighted by Gasteiger charge is 2.38. The van der Waals surface area contributed by atoms with E-state index in [4.69, 9.17) is 16.6 Å². The quantitative estimate of drug-likeness (QED) is 0.433. The van der Waals surface area contributed by atoms with Crippen LogP contribution in [-0.4, -0.2) is 46.4 Å². The molecular weight excluding hydrogens is 392 g/mol. The molecule has 3 heterocycles. The Balaban J connectivity index is 1.65. The first kappa shape index (κ1) is 20.7. The SMILES string of the molecule is CN(C)Cc1ccc(CN2c3nc(Cc4ccncc4)nc(N)c3N(N)C2C=O)cc1. The minimum Gasteiger partial charge on any atom is -0.382 e. The number of nitrogens with two attached hydrogens (primary N) is 2. The Morgan fingerprint density at radius 3 is 2.35 bits per heavy atom. The first-order chi connectivity index (χ1) is 15.0. The highest BCUT2D eigenvalue weighted by atomic mass is 16.1. The predicted molar refractivity (Wildman–Crippen MR) is 120 cm³/mol. The van der Waals surface area contributed by atoms with Crippen molar-refractivity contribution in [3.05, 3.63) is 71.3 Å². The molecule has 0 spiro atoms. The number of pyridine rings is 1. The van der Waals surface area contributed by atoms with Crippen molar-refractivity contribution >= 4 is 23.6 Å². The molecule has 0 fully saturated rings. The number of aldehydes is 1. The van der Waals surface area contributed by atoms with Crippen LogP contribution in [0.3, 0.4) is 0 Å². The average Bonchev–Trinajstić information content (AvgIpc) is 3.01. The number of anilines is 3. The molecule has 0 amide bonds. The number of nitrogens with zero attached hydrogens (tertiary/aromatic N) is 6. The summed E-state index contributed by atoms with van der Waals surface area (Å²) in [5.74, 6) is 7.60. The summed E-state index contributed by atoms with van der Waals surface area (Å²) in [6, 6.07) is 12.1. The molecule has 0 radical (unpaired) electrons. The van der Waals surface area contributed by atoms with Crippen LogP contribution in [0.4, 0.5) is 17.3 Å². The number of benzene rings is 1. The van der Waals surface area contributed by atoms with Gasteiger partial charge in [-0.3, -0.25) is 14.8 Å². The second kappa shape index (κ2) is 8.66. The summed E-state index contributed by atoms with van der Waals surface area (Å²) in [5.41, 5.74) is 9.98. The van der Waals surface area contributed by atoms with Crippen molar-refractivity contribution in [3.8, 4) is 0 Å². The molecule has 0 saturated carbocycles. The van der Waals surface area contributed by atoms with Crippen LogP contribution >= 0.6 is 0 Å². The normalized spacial score (nSPS) is 15.4. The number of rotatable bonds is 7. The maximum atomic E-state index is 11.9. The lowest BCUT2D eigenvalue weighted by Gasteiger charge is -2.25. The molecule has 1 aliphatic heterocycles. The van der Waals surface area contributed by atoms with Crippen LogP contribution in [0.15, 0.2) is 48.8 Å². The molecule has 4 rings (SSSR count). The van der Waals surface area contributed by atoms with E-state index in [0.717, 1.165) is 24.0 Å². The van der Waals surface area contributed by atoms with Crippen LogP contribution in [0.25, 0.3) is 0 Å². The molecule has 4 N–H and O–H groups in total. The fourth-order valence-electron chi connectivity index (χ4n) is 3.74. The number of hydrogen-bond donors (Lipinski definition) is 2. The molecule has 9 nitrogen and oxygen atoms in total. The molecule has 0 saturated heterocycles. The van der Waals surface area contributed by atoms with Gasteiger partial charge in [-0.2, -0.15) is 0 Å². The summed E-state index contributed by atoms with van der Waals surface area (Å²) < 4.78 is 0. The second-order valence-electron chi connectivity index (χ2n) is 7.87. The number of fused-ring (bicyclic) bond motifs is 1. The third-order valence-corrected chi connectivity index (χ3v) is 5.18. The minimum atomic E-state index is -0.704. The van der Waals surface area contributed by atoms with E-state index in [1.54, 1.807) is 12.4 Å². The zero-order chi connectivity index (χ0) is 22.0. The number of carbonyl (C=O) groups is 1. The van der Waals surface area contributed by atoms with Gasteiger partial charge in [-0.15, -0.1) is 0 Å². The molecular formula is C22H26N8O. The van der Waals surface area contributed by atoms with Crippen LogP contribution in [0.2, 0.25) is 0 Å². The van der Waals surface area contributed by atoms with E-state index in [9.17, 15) is 4.79 Å². The molecule has 1 atom stereocenters. The second-order valence-corrected chi connectivity index (χ2v) is 7.87. The van der Waals surface area contributed by atoms with Gasteiger partial charge in [0, 0.05) is 31.9 Å². The van der Waals surface area contributed by atoms with Gasteiger partial charge in [-0.1, -0.05) is 24.3 Å². The molecule has 1 unspecified atom stereocenters. The molecule has 9 heteroatoms. The van der Waals surface area contributed by atoms with Gasteiger partial charge in [-0.05, 0) is 42.9 Å². The number of hydrazine groups is 1. The Bertz CT molecular complexity index is 1060. The number of nitrogen functional groups attached to an aromatic ring is 1. The van der Waals surface area contributed by atoms with Gasteiger partial charge in [0.05, 0.1) is 0 Å². The van der Waals surface area contributed by atoms with Gasteiger partial charge in [-0.25, -0.2) is 15.8 Å². The number of hydrogen-bond acceptors (Lipinski definition) is 9. The van der Waals surface area contributed by atoms with Gasteiger partial charge in [0.25, 0.3) is 0 Å². The monoisotopic (exact) mass is 418 g/mol. The van der Waals surface area contributed by atoms with E-state index in [0.29, 0.717) is 30.3 Å². The molecule has 0 aliphatic carbocycles. The molecule has 3 aromatic rings. The number of aromatic nitrogens is 3. The summed E-state index contributed by atoms with van der Waals surface area (Å²) in [4.78, 5) is 29.0. The van der Waals surface area contributed by atoms with Crippen molar-refractivity contribution in [2.45, 2.75) is 25.7 Å². The topological polar surface area (TPSA) is 118 Å². The van der Waals surface area contributed by atoms with Gasteiger partial charge >= 0.3 is 0 Å². The molecule has 0 bridgehead atoms. The van der Waals surface area contributed by atoms with Crippen molar-refractivity contribution in [1.82, 2.24) is 19.9 Å². The third kappa shape index (κ3) is 4.32. The van der Waals surface area contributed by atoms with Crippen molar-refractivity contribution in [2.24, 2.45) is 5.84 Å². The van der Waals surface area contributed by atoms with E-state index in [2.05, 4.69) is 39.1 Å². The molecule has 160 valence electrons. The number of carbonyl (C=O) groups excluding carboxylic acids is 1. The first-order valence-corrected chi connectivity index (χ1v) is 10.00. The van der Waals surface area contributed by atoms with E-state index in [-0.39, 0.29) is 5.82 Å². The Morgan fingerprint density at radius 1 is 1.03 bits per heavy atom. The summed E-state index contributed by atoms with van der Waals surface area (Å²) >= 11 is 0. The Hall–Kier alpha value is -3.56. The van der Waals surface area contributed by atoms with E-state index >= 15 is 0 Å². The van der Waals surface area contributed by atoms with Crippen LogP contribution in [0, 0.1) is 0 Å². The fraction of sp³-hybridized carbons (Fsp3) is 0.273. The van der Waals surface area contributed by atoms with Crippen molar-refractivity contribution < 1.29 is 4.79 Å². The van der Waals surface area contributed by atoms with Crippen LogP contribution in [0.5, 0.6) is 0 Å². The lowest BCUT2D eigenvalue weighted by Crippen LogP contribution is -2.48. The Kier molecular flexibility index (Phi) is 5.79. The zero-order valence-corrected chi connectivity index (χ0v) is 17.6. The van der Waals surface area contributed by atoms with Gasteiger partial charge < -0.3 is 15.5 Å². The lowest BCUT2D eigenvalue weighted by molar-refractivity contribution is -0.108. The van der Waals surface area contributed by atoms with Crippen molar-refractivity contribution in [1.29, 1.82) is 0 Å². The summed E-state index contributed by atoms with van der Waals surface area (Å²) in [6.07, 6.45) is 4.04. The summed E-state index contributed by atoms with van der Waals surface area (Å²) in [5, 5.41) is 1.34. The highest BCUT2D eigenvalue weighted by Crippen LogP contribution is 2.40. The average molecular weight is 419 g/mol. The lowest BCUT2D eigenvalue weighted by atomic mass is 10.1. The Morgan fingerprint density at radius 2 is 1.71 bits per heavy atom. The molecule has 1 aliphatic rings. The largest absolute Gasteiger partial charge is 0.382 e. The molecule has 31 heavy (non-hydrogen) atoms. The van der Waals surface area contributed by atoms with Gasteiger partial charge in [0.15, 0.2) is 24.1 Å². The van der Waals surface area contributed by atoms with Crippen molar-refractivity contribution in [2.75, 3.05) is 29.7 Å². The van der Waals surface area contributed by atoms with E-state index in [1.165, 1.54) is 10.6 Å². The van der Waals surface area contributed by atoms with E-state index < -0.39 is 6.17 Å². The fourth-order valence-corrected chi connectivity index (χ4v) is 3.74. The van der Waals surface area contributed by atoms with Crippen LogP contribution in [0.1, 0.15) is 22.5 Å². The van der Waals surface area contributed by atoms with Gasteiger partial charge in [0.1, 0.15) is 11.5 Å². The standard InChI is InChI=1S/C22H26N8O/c1-28(2)12-16-3-5-17(6-4-16)13-29-19(14-31)30(24)20-21(23)26-18(27-22(20)29)11-15-7-9-25-10-8-15/h3-10,14,19H,11-13,24H2,1-2H3,(H2,23,26,27). The predicted octanol–water partition coefficient (Wildman–Crippen LogP) is 1.33. The van der Waals surface area contributed by atoms with Gasteiger partial charge in [0.2, 0.25) is 0 Å². The third-order valence-electron chi connectivity index (χ3n) is 5.18. The highest BCUT2D eigenvalue weighted by molar-refractivity contribution is 5.88. The van der Waals surface area contributed by atoms with Crippen molar-refractivity contribution in [3.63, 3.8) is 0 Å². The van der Waals surface area contributed by atoms with Crippen LogP contribution in [-0.2, 0) is 24.3 Å². The summed E-state index contributed by atoms with van der Waals surface area (Å²) in [6.45, 7) is 1.33. The maximum Gasteiger partial charge on any atom is 0.174 e. The maximum absolute atomic E-state index is 11.9. The zero-order valence-electron chi connectivity index (χ0n) is 17.6.